The van der Waals surface area contributed by atoms with Crippen LogP contribution in [-0.2, 0) is 9.53 Å². The van der Waals surface area contributed by atoms with E-state index in [2.05, 4.69) is 6.92 Å². The molecule has 0 aliphatic carbocycles. The Labute approximate surface area is 82.8 Å². The first-order chi connectivity index (χ1) is 6.25. The number of ether oxygens (including phenoxy) is 1. The van der Waals surface area contributed by atoms with Crippen LogP contribution in [0.25, 0.3) is 0 Å². The molecule has 0 aromatic heterocycles. The van der Waals surface area contributed by atoms with Crippen molar-refractivity contribution in [3.63, 3.8) is 0 Å². The van der Waals surface area contributed by atoms with E-state index in [0.29, 0.717) is 12.4 Å². The van der Waals surface area contributed by atoms with E-state index in [0.717, 1.165) is 18.6 Å². The number of hydrogen-bond donors (Lipinski definition) is 1. The molecule has 4 heteroatoms. The molecule has 1 saturated heterocycles. The minimum atomic E-state index is -0.716. The molecular formula is C9H16O3S. The maximum Gasteiger partial charge on any atom is 0.310 e. The molecule has 0 amide bonds. The van der Waals surface area contributed by atoms with Crippen LogP contribution in [0.4, 0.5) is 0 Å². The van der Waals surface area contributed by atoms with Crippen molar-refractivity contribution in [2.24, 2.45) is 5.92 Å². The highest BCUT2D eigenvalue weighted by molar-refractivity contribution is 7.99. The molecule has 0 radical (unpaired) electrons. The summed E-state index contributed by atoms with van der Waals surface area (Å²) in [6.07, 6.45) is 2.06. The van der Waals surface area contributed by atoms with Crippen molar-refractivity contribution in [2.45, 2.75) is 25.9 Å². The molecule has 0 aromatic carbocycles. The zero-order valence-corrected chi connectivity index (χ0v) is 8.68. The summed E-state index contributed by atoms with van der Waals surface area (Å²) in [6, 6.07) is 0. The minimum Gasteiger partial charge on any atom is -0.481 e. The predicted octanol–water partition coefficient (Wildman–Crippen LogP) is 1.62. The van der Waals surface area contributed by atoms with Crippen LogP contribution < -0.4 is 0 Å². The van der Waals surface area contributed by atoms with Gasteiger partial charge in [-0.05, 0) is 6.42 Å². The summed E-state index contributed by atoms with van der Waals surface area (Å²) in [5, 5.41) is 8.85. The summed E-state index contributed by atoms with van der Waals surface area (Å²) in [6.45, 7) is 2.80. The summed E-state index contributed by atoms with van der Waals surface area (Å²) < 4.78 is 5.52. The minimum absolute atomic E-state index is 0.0611. The Bertz CT molecular complexity index is 172. The van der Waals surface area contributed by atoms with Crippen molar-refractivity contribution in [1.29, 1.82) is 0 Å². The predicted molar refractivity (Wildman–Crippen MR) is 53.1 cm³/mol. The van der Waals surface area contributed by atoms with Gasteiger partial charge in [0, 0.05) is 18.1 Å². The third kappa shape index (κ3) is 3.19. The van der Waals surface area contributed by atoms with Crippen molar-refractivity contribution in [3.05, 3.63) is 0 Å². The number of aliphatic carboxylic acids is 1. The molecule has 1 aliphatic heterocycles. The van der Waals surface area contributed by atoms with E-state index in [4.69, 9.17) is 9.84 Å². The molecule has 0 bridgehead atoms. The van der Waals surface area contributed by atoms with E-state index in [1.54, 1.807) is 11.8 Å². The molecule has 0 spiro atoms. The van der Waals surface area contributed by atoms with Gasteiger partial charge in [0.15, 0.2) is 0 Å². The van der Waals surface area contributed by atoms with Crippen molar-refractivity contribution in [3.8, 4) is 0 Å². The number of rotatable bonds is 5. The molecule has 0 aromatic rings. The summed E-state index contributed by atoms with van der Waals surface area (Å²) in [7, 11) is 0. The SMILES string of the molecule is CCCCOC1CSCC1C(=O)O. The average Bonchev–Trinajstić information content (AvgIpc) is 2.53. The lowest BCUT2D eigenvalue weighted by molar-refractivity contribution is -0.145. The fraction of sp³-hybridized carbons (Fsp3) is 0.889. The topological polar surface area (TPSA) is 46.5 Å². The molecule has 1 fully saturated rings. The summed E-state index contributed by atoms with van der Waals surface area (Å²) in [5.74, 6) is 0.528. The number of thioether (sulfide) groups is 1. The molecule has 1 heterocycles. The molecule has 3 nitrogen and oxygen atoms in total. The van der Waals surface area contributed by atoms with E-state index in [9.17, 15) is 4.79 Å². The van der Waals surface area contributed by atoms with Gasteiger partial charge in [0.25, 0.3) is 0 Å². The van der Waals surface area contributed by atoms with Gasteiger partial charge in [-0.15, -0.1) is 0 Å². The van der Waals surface area contributed by atoms with E-state index < -0.39 is 5.97 Å². The van der Waals surface area contributed by atoms with Crippen LogP contribution in [0.15, 0.2) is 0 Å². The van der Waals surface area contributed by atoms with E-state index in [1.165, 1.54) is 0 Å². The van der Waals surface area contributed by atoms with Gasteiger partial charge in [-0.25, -0.2) is 0 Å². The van der Waals surface area contributed by atoms with Gasteiger partial charge < -0.3 is 9.84 Å². The highest BCUT2D eigenvalue weighted by Gasteiger charge is 2.33. The summed E-state index contributed by atoms with van der Waals surface area (Å²) in [5.41, 5.74) is 0. The molecule has 0 saturated carbocycles. The molecule has 2 atom stereocenters. The second kappa shape index (κ2) is 5.50. The monoisotopic (exact) mass is 204 g/mol. The lowest BCUT2D eigenvalue weighted by atomic mass is 10.1. The standard InChI is InChI=1S/C9H16O3S/c1-2-3-4-12-8-6-13-5-7(8)9(10)11/h7-8H,2-6H2,1H3,(H,10,11). The maximum atomic E-state index is 10.8. The molecule has 1 N–H and O–H groups in total. The first-order valence-electron chi connectivity index (χ1n) is 4.68. The Balaban J connectivity index is 2.27. The van der Waals surface area contributed by atoms with Crippen molar-refractivity contribution in [2.75, 3.05) is 18.1 Å². The average molecular weight is 204 g/mol. The van der Waals surface area contributed by atoms with Crippen LogP contribution in [0.2, 0.25) is 0 Å². The van der Waals surface area contributed by atoms with Gasteiger partial charge in [0.2, 0.25) is 0 Å². The lowest BCUT2D eigenvalue weighted by Gasteiger charge is -2.15. The van der Waals surface area contributed by atoms with Gasteiger partial charge in [-0.1, -0.05) is 13.3 Å². The Morgan fingerprint density at radius 1 is 1.62 bits per heavy atom. The van der Waals surface area contributed by atoms with Gasteiger partial charge in [-0.3, -0.25) is 4.79 Å². The first kappa shape index (κ1) is 10.9. The normalized spacial score (nSPS) is 27.8. The van der Waals surface area contributed by atoms with Crippen LogP contribution in [-0.4, -0.2) is 35.3 Å². The number of carbonyl (C=O) groups is 1. The second-order valence-corrected chi connectivity index (χ2v) is 4.32. The van der Waals surface area contributed by atoms with Crippen LogP contribution in [0.3, 0.4) is 0 Å². The first-order valence-corrected chi connectivity index (χ1v) is 5.83. The van der Waals surface area contributed by atoms with Gasteiger partial charge in [-0.2, -0.15) is 11.8 Å². The fourth-order valence-electron chi connectivity index (χ4n) is 1.31. The maximum absolute atomic E-state index is 10.8. The van der Waals surface area contributed by atoms with Crippen LogP contribution in [0.1, 0.15) is 19.8 Å². The molecule has 1 aliphatic rings. The van der Waals surface area contributed by atoms with Crippen LogP contribution in [0, 0.1) is 5.92 Å². The van der Waals surface area contributed by atoms with Crippen molar-refractivity contribution in [1.82, 2.24) is 0 Å². The van der Waals surface area contributed by atoms with Gasteiger partial charge in [0.1, 0.15) is 0 Å². The Kier molecular flexibility index (Phi) is 4.59. The smallest absolute Gasteiger partial charge is 0.310 e. The molecular weight excluding hydrogens is 188 g/mol. The molecule has 76 valence electrons. The quantitative estimate of drug-likeness (QED) is 0.691. The number of carboxylic acids is 1. The Morgan fingerprint density at radius 2 is 2.38 bits per heavy atom. The van der Waals surface area contributed by atoms with E-state index in [-0.39, 0.29) is 12.0 Å². The van der Waals surface area contributed by atoms with E-state index in [1.807, 2.05) is 0 Å². The van der Waals surface area contributed by atoms with Crippen LogP contribution in [0.5, 0.6) is 0 Å². The number of carboxylic acid groups (broad SMARTS) is 1. The largest absolute Gasteiger partial charge is 0.481 e. The summed E-state index contributed by atoms with van der Waals surface area (Å²) in [4.78, 5) is 10.8. The number of hydrogen-bond acceptors (Lipinski definition) is 3. The fourth-order valence-corrected chi connectivity index (χ4v) is 2.62. The van der Waals surface area contributed by atoms with Crippen molar-refractivity contribution < 1.29 is 14.6 Å². The zero-order chi connectivity index (χ0) is 9.68. The zero-order valence-electron chi connectivity index (χ0n) is 7.86. The Hall–Kier alpha value is -0.220. The highest BCUT2D eigenvalue weighted by Crippen LogP contribution is 2.26. The molecule has 2 unspecified atom stereocenters. The number of unbranched alkanes of at least 4 members (excludes halogenated alkanes) is 1. The summed E-state index contributed by atoms with van der Waals surface area (Å²) >= 11 is 1.67. The van der Waals surface area contributed by atoms with Gasteiger partial charge in [0.05, 0.1) is 12.0 Å². The van der Waals surface area contributed by atoms with Gasteiger partial charge >= 0.3 is 5.97 Å². The van der Waals surface area contributed by atoms with E-state index >= 15 is 0 Å². The Morgan fingerprint density at radius 3 is 3.00 bits per heavy atom. The lowest BCUT2D eigenvalue weighted by Crippen LogP contribution is -2.29. The third-order valence-electron chi connectivity index (χ3n) is 2.18. The second-order valence-electron chi connectivity index (χ2n) is 3.24. The molecule has 13 heavy (non-hydrogen) atoms. The third-order valence-corrected chi connectivity index (χ3v) is 3.33. The van der Waals surface area contributed by atoms with Crippen molar-refractivity contribution >= 4 is 17.7 Å². The molecule has 1 rings (SSSR count). The van der Waals surface area contributed by atoms with Crippen LogP contribution >= 0.6 is 11.8 Å². The highest BCUT2D eigenvalue weighted by atomic mass is 32.2.